The summed E-state index contributed by atoms with van der Waals surface area (Å²) in [4.78, 5) is 17.1. The molecule has 0 radical (unpaired) electrons. The van der Waals surface area contributed by atoms with Gasteiger partial charge in [-0.3, -0.25) is 9.69 Å². The van der Waals surface area contributed by atoms with E-state index in [2.05, 4.69) is 4.90 Å². The van der Waals surface area contributed by atoms with Gasteiger partial charge in [0.1, 0.15) is 11.6 Å². The summed E-state index contributed by atoms with van der Waals surface area (Å²) in [7, 11) is 1.53. The molecule has 5 nitrogen and oxygen atoms in total. The van der Waals surface area contributed by atoms with Crippen LogP contribution in [0.1, 0.15) is 25.0 Å². The number of rotatable bonds is 5. The van der Waals surface area contributed by atoms with E-state index in [1.807, 2.05) is 18.7 Å². The van der Waals surface area contributed by atoms with Gasteiger partial charge in [0.05, 0.1) is 12.1 Å². The van der Waals surface area contributed by atoms with Gasteiger partial charge in [0.2, 0.25) is 5.91 Å². The maximum atomic E-state index is 13.1. The SMILES string of the molecule is COc1cc(/C=C/C(=O)N2C(C)CN(Cc3ccc(F)cc3)CC2C)c(N)cc1Cl. The summed E-state index contributed by atoms with van der Waals surface area (Å²) >= 11 is 6.08. The van der Waals surface area contributed by atoms with Gasteiger partial charge in [-0.2, -0.15) is 0 Å². The van der Waals surface area contributed by atoms with Crippen LogP contribution in [0.2, 0.25) is 5.02 Å². The second-order valence-electron chi connectivity index (χ2n) is 7.71. The van der Waals surface area contributed by atoms with Crippen LogP contribution in [0.3, 0.4) is 0 Å². The molecule has 1 fully saturated rings. The Balaban J connectivity index is 1.67. The summed E-state index contributed by atoms with van der Waals surface area (Å²) < 4.78 is 18.3. The summed E-state index contributed by atoms with van der Waals surface area (Å²) in [5, 5.41) is 0.429. The Morgan fingerprint density at radius 1 is 1.23 bits per heavy atom. The number of carbonyl (C=O) groups is 1. The normalized spacial score (nSPS) is 20.0. The van der Waals surface area contributed by atoms with Crippen LogP contribution in [0.5, 0.6) is 5.75 Å². The molecule has 0 spiro atoms. The first kappa shape index (κ1) is 22.1. The highest BCUT2D eigenvalue weighted by Crippen LogP contribution is 2.30. The van der Waals surface area contributed by atoms with E-state index in [4.69, 9.17) is 22.1 Å². The van der Waals surface area contributed by atoms with Gasteiger partial charge in [0.15, 0.2) is 0 Å². The van der Waals surface area contributed by atoms with E-state index in [0.29, 0.717) is 22.0 Å². The zero-order chi connectivity index (χ0) is 21.8. The molecule has 1 aliphatic rings. The second kappa shape index (κ2) is 9.49. The summed E-state index contributed by atoms with van der Waals surface area (Å²) in [5.74, 6) is 0.209. The molecule has 0 aliphatic carbocycles. The van der Waals surface area contributed by atoms with Crippen LogP contribution in [0.4, 0.5) is 10.1 Å². The molecular weight excluding hydrogens is 405 g/mol. The average molecular weight is 432 g/mol. The van der Waals surface area contributed by atoms with Crippen LogP contribution in [0.25, 0.3) is 6.08 Å². The number of amides is 1. The van der Waals surface area contributed by atoms with Crippen LogP contribution in [0, 0.1) is 5.82 Å². The molecule has 2 unspecified atom stereocenters. The van der Waals surface area contributed by atoms with Crippen LogP contribution in [-0.2, 0) is 11.3 Å². The number of piperazine rings is 1. The third-order valence-corrected chi connectivity index (χ3v) is 5.63. The van der Waals surface area contributed by atoms with E-state index in [-0.39, 0.29) is 23.8 Å². The Kier molecular flexibility index (Phi) is 7.00. The number of halogens is 2. The number of ether oxygens (including phenoxy) is 1. The van der Waals surface area contributed by atoms with Gasteiger partial charge in [-0.15, -0.1) is 0 Å². The molecular formula is C23H27ClFN3O2. The third kappa shape index (κ3) is 5.12. The van der Waals surface area contributed by atoms with Gasteiger partial charge < -0.3 is 15.4 Å². The molecule has 2 atom stereocenters. The molecule has 0 aromatic heterocycles. The standard InChI is InChI=1S/C23H27ClFN3O2/c1-15-12-27(14-17-4-7-19(25)8-5-17)13-16(2)28(15)23(29)9-6-18-10-22(30-3)20(24)11-21(18)26/h4-11,15-16H,12-14,26H2,1-3H3/b9-6+. The van der Waals surface area contributed by atoms with Gasteiger partial charge in [-0.05, 0) is 49.8 Å². The summed E-state index contributed by atoms with van der Waals surface area (Å²) in [5.41, 5.74) is 8.24. The van der Waals surface area contributed by atoms with Crippen molar-refractivity contribution in [1.82, 2.24) is 9.80 Å². The molecule has 1 heterocycles. The van der Waals surface area contributed by atoms with Crippen molar-refractivity contribution in [2.75, 3.05) is 25.9 Å². The Morgan fingerprint density at radius 2 is 1.87 bits per heavy atom. The smallest absolute Gasteiger partial charge is 0.247 e. The van der Waals surface area contributed by atoms with Crippen molar-refractivity contribution in [1.29, 1.82) is 0 Å². The molecule has 30 heavy (non-hydrogen) atoms. The first-order valence-electron chi connectivity index (χ1n) is 9.88. The lowest BCUT2D eigenvalue weighted by Crippen LogP contribution is -2.57. The maximum Gasteiger partial charge on any atom is 0.247 e. The number of nitrogen functional groups attached to an aromatic ring is 1. The number of hydrogen-bond acceptors (Lipinski definition) is 4. The molecule has 1 amide bonds. The predicted molar refractivity (Wildman–Crippen MR) is 119 cm³/mol. The van der Waals surface area contributed by atoms with Crippen LogP contribution < -0.4 is 10.5 Å². The zero-order valence-corrected chi connectivity index (χ0v) is 18.2. The van der Waals surface area contributed by atoms with Gasteiger partial charge in [-0.1, -0.05) is 23.7 Å². The number of hydrogen-bond donors (Lipinski definition) is 1. The second-order valence-corrected chi connectivity index (χ2v) is 8.12. The fourth-order valence-corrected chi connectivity index (χ4v) is 4.23. The Hall–Kier alpha value is -2.57. The Bertz CT molecular complexity index is 921. The Morgan fingerprint density at radius 3 is 2.47 bits per heavy atom. The lowest BCUT2D eigenvalue weighted by molar-refractivity contribution is -0.133. The highest BCUT2D eigenvalue weighted by Gasteiger charge is 2.31. The monoisotopic (exact) mass is 431 g/mol. The van der Waals surface area contributed by atoms with Crippen molar-refractivity contribution in [3.05, 3.63) is 64.4 Å². The minimum atomic E-state index is -0.235. The minimum absolute atomic E-state index is 0.0449. The van der Waals surface area contributed by atoms with E-state index in [0.717, 1.165) is 25.2 Å². The van der Waals surface area contributed by atoms with Crippen molar-refractivity contribution in [2.45, 2.75) is 32.5 Å². The minimum Gasteiger partial charge on any atom is -0.495 e. The lowest BCUT2D eigenvalue weighted by atomic mass is 10.1. The largest absolute Gasteiger partial charge is 0.495 e. The number of carbonyl (C=O) groups excluding carboxylic acids is 1. The summed E-state index contributed by atoms with van der Waals surface area (Å²) in [6, 6.07) is 9.98. The molecule has 7 heteroatoms. The molecule has 0 saturated carbocycles. The highest BCUT2D eigenvalue weighted by molar-refractivity contribution is 6.32. The summed E-state index contributed by atoms with van der Waals surface area (Å²) in [6.45, 7) is 6.31. The van der Waals surface area contributed by atoms with Crippen LogP contribution >= 0.6 is 11.6 Å². The molecule has 0 bridgehead atoms. The van der Waals surface area contributed by atoms with Crippen molar-refractivity contribution in [2.24, 2.45) is 0 Å². The van der Waals surface area contributed by atoms with Crippen LogP contribution in [-0.4, -0.2) is 48.0 Å². The molecule has 1 aliphatic heterocycles. The van der Waals surface area contributed by atoms with Gasteiger partial charge in [-0.25, -0.2) is 4.39 Å². The number of methoxy groups -OCH3 is 1. The topological polar surface area (TPSA) is 58.8 Å². The fraction of sp³-hybridized carbons (Fsp3) is 0.348. The van der Waals surface area contributed by atoms with Gasteiger partial charge in [0.25, 0.3) is 0 Å². The van der Waals surface area contributed by atoms with Crippen molar-refractivity contribution in [3.63, 3.8) is 0 Å². The van der Waals surface area contributed by atoms with E-state index < -0.39 is 0 Å². The molecule has 160 valence electrons. The first-order chi connectivity index (χ1) is 14.3. The Labute approximate surface area is 181 Å². The lowest BCUT2D eigenvalue weighted by Gasteiger charge is -2.44. The number of nitrogens with two attached hydrogens (primary N) is 1. The van der Waals surface area contributed by atoms with Crippen molar-refractivity contribution >= 4 is 29.3 Å². The highest BCUT2D eigenvalue weighted by atomic mass is 35.5. The van der Waals surface area contributed by atoms with E-state index in [1.165, 1.54) is 19.2 Å². The quantitative estimate of drug-likeness (QED) is 0.569. The molecule has 1 saturated heterocycles. The van der Waals surface area contributed by atoms with E-state index in [9.17, 15) is 9.18 Å². The van der Waals surface area contributed by atoms with Gasteiger partial charge in [0, 0.05) is 49.0 Å². The van der Waals surface area contributed by atoms with Crippen LogP contribution in [0.15, 0.2) is 42.5 Å². The number of nitrogens with zero attached hydrogens (tertiary/aromatic N) is 2. The molecule has 2 aromatic rings. The van der Waals surface area contributed by atoms with Crippen molar-refractivity contribution in [3.8, 4) is 5.75 Å². The van der Waals surface area contributed by atoms with E-state index in [1.54, 1.807) is 36.4 Å². The molecule has 2 aromatic carbocycles. The van der Waals surface area contributed by atoms with E-state index >= 15 is 0 Å². The average Bonchev–Trinajstić information content (AvgIpc) is 2.68. The van der Waals surface area contributed by atoms with Gasteiger partial charge >= 0.3 is 0 Å². The number of benzene rings is 2. The maximum absolute atomic E-state index is 13.1. The summed E-state index contributed by atoms with van der Waals surface area (Å²) in [6.07, 6.45) is 3.24. The fourth-order valence-electron chi connectivity index (χ4n) is 3.98. The molecule has 2 N–H and O–H groups in total. The molecule has 3 rings (SSSR count). The number of anilines is 1. The third-order valence-electron chi connectivity index (χ3n) is 5.33. The predicted octanol–water partition coefficient (Wildman–Crippen LogP) is 4.20. The van der Waals surface area contributed by atoms with Crippen molar-refractivity contribution < 1.29 is 13.9 Å². The zero-order valence-electron chi connectivity index (χ0n) is 17.4. The first-order valence-corrected chi connectivity index (χ1v) is 10.3.